The summed E-state index contributed by atoms with van der Waals surface area (Å²) in [6.07, 6.45) is 2.80. The number of carboxylic acids is 1. The molecule has 1 aliphatic heterocycles. The number of rotatable bonds is 4. The van der Waals surface area contributed by atoms with Crippen LogP contribution in [0.1, 0.15) is 33.1 Å². The van der Waals surface area contributed by atoms with E-state index in [1.807, 2.05) is 7.05 Å². The second kappa shape index (κ2) is 5.21. The van der Waals surface area contributed by atoms with Gasteiger partial charge < -0.3 is 5.11 Å². The Morgan fingerprint density at radius 2 is 2.33 bits per heavy atom. The average Bonchev–Trinajstić information content (AvgIpc) is 2.27. The van der Waals surface area contributed by atoms with E-state index in [4.69, 9.17) is 0 Å². The van der Waals surface area contributed by atoms with Crippen molar-refractivity contribution in [2.24, 2.45) is 0 Å². The van der Waals surface area contributed by atoms with Crippen LogP contribution in [0, 0.1) is 0 Å². The molecule has 1 saturated heterocycles. The van der Waals surface area contributed by atoms with E-state index in [9.17, 15) is 9.90 Å². The summed E-state index contributed by atoms with van der Waals surface area (Å²) >= 11 is 1.76. The van der Waals surface area contributed by atoms with Crippen LogP contribution in [0.4, 0.5) is 0 Å². The van der Waals surface area contributed by atoms with E-state index in [1.54, 1.807) is 11.8 Å². The van der Waals surface area contributed by atoms with Crippen LogP contribution in [0.25, 0.3) is 0 Å². The van der Waals surface area contributed by atoms with Gasteiger partial charge in [-0.1, -0.05) is 6.92 Å². The number of aliphatic carboxylic acids is 1. The predicted octanol–water partition coefficient (Wildman–Crippen LogP) is 2.07. The van der Waals surface area contributed by atoms with E-state index in [0.717, 1.165) is 30.8 Å². The van der Waals surface area contributed by atoms with Gasteiger partial charge in [0.05, 0.1) is 0 Å². The molecule has 2 atom stereocenters. The standard InChI is InChI=1S/C11H21NO2S/c1-4-9(2)12(3)11(10(13)14)6-5-7-15-8-11/h9H,4-8H2,1-3H3,(H,13,14). The van der Waals surface area contributed by atoms with E-state index in [0.29, 0.717) is 6.04 Å². The maximum Gasteiger partial charge on any atom is 0.324 e. The molecule has 15 heavy (non-hydrogen) atoms. The Kier molecular flexibility index (Phi) is 4.46. The highest BCUT2D eigenvalue weighted by Crippen LogP contribution is 2.33. The van der Waals surface area contributed by atoms with Crippen molar-refractivity contribution in [1.82, 2.24) is 4.90 Å². The van der Waals surface area contributed by atoms with Crippen molar-refractivity contribution in [2.75, 3.05) is 18.6 Å². The van der Waals surface area contributed by atoms with Crippen LogP contribution in [-0.4, -0.2) is 46.1 Å². The summed E-state index contributed by atoms with van der Waals surface area (Å²) in [5, 5.41) is 9.45. The maximum atomic E-state index is 11.5. The maximum absolute atomic E-state index is 11.5. The van der Waals surface area contributed by atoms with Gasteiger partial charge in [-0.2, -0.15) is 11.8 Å². The van der Waals surface area contributed by atoms with Gasteiger partial charge in [-0.15, -0.1) is 0 Å². The molecular formula is C11H21NO2S. The van der Waals surface area contributed by atoms with Gasteiger partial charge in [0.25, 0.3) is 0 Å². The summed E-state index contributed by atoms with van der Waals surface area (Å²) in [6, 6.07) is 0.333. The van der Waals surface area contributed by atoms with Crippen molar-refractivity contribution in [3.05, 3.63) is 0 Å². The fourth-order valence-corrected chi connectivity index (χ4v) is 3.38. The van der Waals surface area contributed by atoms with Gasteiger partial charge in [0, 0.05) is 11.8 Å². The fourth-order valence-electron chi connectivity index (χ4n) is 2.07. The lowest BCUT2D eigenvalue weighted by atomic mass is 9.92. The molecule has 0 aromatic heterocycles. The van der Waals surface area contributed by atoms with Crippen molar-refractivity contribution in [1.29, 1.82) is 0 Å². The van der Waals surface area contributed by atoms with Crippen LogP contribution < -0.4 is 0 Å². The van der Waals surface area contributed by atoms with Crippen LogP contribution in [0.2, 0.25) is 0 Å². The van der Waals surface area contributed by atoms with Crippen LogP contribution in [0.15, 0.2) is 0 Å². The summed E-state index contributed by atoms with van der Waals surface area (Å²) in [7, 11) is 1.95. The van der Waals surface area contributed by atoms with Gasteiger partial charge in [0.1, 0.15) is 5.54 Å². The molecule has 0 bridgehead atoms. The molecule has 1 rings (SSSR count). The number of likely N-dealkylation sites (N-methyl/N-ethyl adjacent to an activating group) is 1. The molecule has 0 radical (unpaired) electrons. The zero-order valence-electron chi connectivity index (χ0n) is 9.82. The summed E-state index contributed by atoms with van der Waals surface area (Å²) in [4.78, 5) is 13.5. The lowest BCUT2D eigenvalue weighted by Crippen LogP contribution is -2.59. The minimum atomic E-state index is -0.655. The molecule has 0 saturated carbocycles. The van der Waals surface area contributed by atoms with Gasteiger partial charge in [0.15, 0.2) is 0 Å². The summed E-state index contributed by atoms with van der Waals surface area (Å²) in [5.41, 5.74) is -0.627. The Hall–Kier alpha value is -0.220. The zero-order valence-corrected chi connectivity index (χ0v) is 10.6. The Morgan fingerprint density at radius 1 is 1.67 bits per heavy atom. The normalized spacial score (nSPS) is 29.1. The van der Waals surface area contributed by atoms with Crippen molar-refractivity contribution in [3.8, 4) is 0 Å². The van der Waals surface area contributed by atoms with Gasteiger partial charge in [-0.05, 0) is 39.0 Å². The highest BCUT2D eigenvalue weighted by Gasteiger charge is 2.44. The topological polar surface area (TPSA) is 40.5 Å². The van der Waals surface area contributed by atoms with Gasteiger partial charge in [0.2, 0.25) is 0 Å². The zero-order chi connectivity index (χ0) is 11.5. The summed E-state index contributed by atoms with van der Waals surface area (Å²) in [6.45, 7) is 4.21. The van der Waals surface area contributed by atoms with E-state index >= 15 is 0 Å². The number of hydrogen-bond donors (Lipinski definition) is 1. The molecule has 1 fully saturated rings. The third-order valence-electron chi connectivity index (χ3n) is 3.55. The third-order valence-corrected chi connectivity index (χ3v) is 4.80. The molecule has 1 aliphatic rings. The second-order valence-corrected chi connectivity index (χ2v) is 5.47. The number of nitrogens with zero attached hydrogens (tertiary/aromatic N) is 1. The molecule has 3 nitrogen and oxygen atoms in total. The van der Waals surface area contributed by atoms with Crippen molar-refractivity contribution >= 4 is 17.7 Å². The minimum absolute atomic E-state index is 0.333. The second-order valence-electron chi connectivity index (χ2n) is 4.36. The molecule has 0 aliphatic carbocycles. The molecular weight excluding hydrogens is 210 g/mol. The summed E-state index contributed by atoms with van der Waals surface area (Å²) < 4.78 is 0. The van der Waals surface area contributed by atoms with Crippen molar-refractivity contribution in [2.45, 2.75) is 44.7 Å². The van der Waals surface area contributed by atoms with Crippen LogP contribution >= 0.6 is 11.8 Å². The smallest absolute Gasteiger partial charge is 0.324 e. The van der Waals surface area contributed by atoms with Gasteiger partial charge in [-0.3, -0.25) is 9.69 Å². The van der Waals surface area contributed by atoms with Crippen molar-refractivity contribution in [3.63, 3.8) is 0 Å². The first-order valence-corrected chi connectivity index (χ1v) is 6.74. The Labute approximate surface area is 96.2 Å². The molecule has 0 spiro atoms. The van der Waals surface area contributed by atoms with E-state index in [1.165, 1.54) is 0 Å². The fraction of sp³-hybridized carbons (Fsp3) is 0.909. The third kappa shape index (κ3) is 2.48. The Bertz CT molecular complexity index is 227. The van der Waals surface area contributed by atoms with Crippen LogP contribution in [0.5, 0.6) is 0 Å². The molecule has 0 aromatic rings. The predicted molar refractivity (Wildman–Crippen MR) is 64.4 cm³/mol. The van der Waals surface area contributed by atoms with Crippen LogP contribution in [-0.2, 0) is 4.79 Å². The van der Waals surface area contributed by atoms with E-state index in [2.05, 4.69) is 18.7 Å². The molecule has 4 heteroatoms. The molecule has 0 aromatic carbocycles. The molecule has 88 valence electrons. The number of hydrogen-bond acceptors (Lipinski definition) is 3. The first-order valence-electron chi connectivity index (χ1n) is 5.58. The minimum Gasteiger partial charge on any atom is -0.480 e. The largest absolute Gasteiger partial charge is 0.480 e. The monoisotopic (exact) mass is 231 g/mol. The molecule has 1 N–H and O–H groups in total. The Morgan fingerprint density at radius 3 is 2.73 bits per heavy atom. The quantitative estimate of drug-likeness (QED) is 0.804. The van der Waals surface area contributed by atoms with E-state index in [-0.39, 0.29) is 0 Å². The lowest BCUT2D eigenvalue weighted by molar-refractivity contribution is -0.151. The van der Waals surface area contributed by atoms with Crippen molar-refractivity contribution < 1.29 is 9.90 Å². The Balaban J connectivity index is 2.84. The number of thioether (sulfide) groups is 1. The average molecular weight is 231 g/mol. The molecule has 1 heterocycles. The number of carbonyl (C=O) groups is 1. The first-order chi connectivity index (χ1) is 7.04. The SMILES string of the molecule is CCC(C)N(C)C1(C(=O)O)CCCSC1. The lowest BCUT2D eigenvalue weighted by Gasteiger charge is -2.43. The van der Waals surface area contributed by atoms with E-state index < -0.39 is 11.5 Å². The van der Waals surface area contributed by atoms with Gasteiger partial charge in [-0.25, -0.2) is 0 Å². The highest BCUT2D eigenvalue weighted by atomic mass is 32.2. The first kappa shape index (κ1) is 12.8. The molecule has 0 amide bonds. The van der Waals surface area contributed by atoms with Crippen LogP contribution in [0.3, 0.4) is 0 Å². The van der Waals surface area contributed by atoms with Gasteiger partial charge >= 0.3 is 5.97 Å². The highest BCUT2D eigenvalue weighted by molar-refractivity contribution is 7.99. The summed E-state index contributed by atoms with van der Waals surface area (Å²) in [5.74, 6) is 1.17. The number of carboxylic acid groups (broad SMARTS) is 1. The molecule has 2 unspecified atom stereocenters.